The summed E-state index contributed by atoms with van der Waals surface area (Å²) in [5.41, 5.74) is 0. The van der Waals surface area contributed by atoms with Gasteiger partial charge in [0.2, 0.25) is 0 Å². The van der Waals surface area contributed by atoms with Crippen LogP contribution in [0.1, 0.15) is 39.0 Å². The molecule has 0 spiro atoms. The molecule has 1 heteroatoms. The van der Waals surface area contributed by atoms with Gasteiger partial charge in [-0.3, -0.25) is 0 Å². The fraction of sp³-hybridized carbons (Fsp3) is 0.889. The van der Waals surface area contributed by atoms with Crippen molar-refractivity contribution in [2.45, 2.75) is 39.0 Å². The van der Waals surface area contributed by atoms with Gasteiger partial charge in [0.1, 0.15) is 0 Å². The van der Waals surface area contributed by atoms with Gasteiger partial charge < -0.3 is 5.11 Å². The van der Waals surface area contributed by atoms with Gasteiger partial charge in [0.15, 0.2) is 0 Å². The summed E-state index contributed by atoms with van der Waals surface area (Å²) in [6.07, 6.45) is 6.37. The highest BCUT2D eigenvalue weighted by Gasteiger charge is 2.31. The molecule has 58 valence electrons. The molecule has 1 saturated carbocycles. The van der Waals surface area contributed by atoms with E-state index in [1.807, 2.05) is 0 Å². The highest BCUT2D eigenvalue weighted by Crippen LogP contribution is 2.34. The van der Waals surface area contributed by atoms with Crippen LogP contribution in [-0.4, -0.2) is 11.7 Å². The van der Waals surface area contributed by atoms with Gasteiger partial charge in [0, 0.05) is 13.0 Å². The summed E-state index contributed by atoms with van der Waals surface area (Å²) in [7, 11) is 0. The monoisotopic (exact) mass is 141 g/mol. The van der Waals surface area contributed by atoms with Crippen LogP contribution in [0.3, 0.4) is 0 Å². The summed E-state index contributed by atoms with van der Waals surface area (Å²) in [6, 6.07) is 0. The number of rotatable bonds is 3. The lowest BCUT2D eigenvalue weighted by Crippen LogP contribution is -2.06. The highest BCUT2D eigenvalue weighted by atomic mass is 16.3. The molecule has 0 saturated heterocycles. The van der Waals surface area contributed by atoms with Crippen LogP contribution in [0.5, 0.6) is 0 Å². The lowest BCUT2D eigenvalue weighted by Gasteiger charge is -2.06. The minimum Gasteiger partial charge on any atom is -0.396 e. The summed E-state index contributed by atoms with van der Waals surface area (Å²) in [6.45, 7) is 2.58. The molecule has 1 aliphatic carbocycles. The first kappa shape index (κ1) is 7.93. The predicted octanol–water partition coefficient (Wildman–Crippen LogP) is 2.15. The first-order valence-corrected chi connectivity index (χ1v) is 4.30. The standard InChI is InChI=1S/C9H17O/c1-8(6-7-10)9-4-2-3-5-9/h8,10H,2-7H2,1H3/q+1. The van der Waals surface area contributed by atoms with Gasteiger partial charge in [-0.1, -0.05) is 0 Å². The Morgan fingerprint density at radius 2 is 2.00 bits per heavy atom. The van der Waals surface area contributed by atoms with Crippen molar-refractivity contribution in [2.24, 2.45) is 5.92 Å². The maximum absolute atomic E-state index is 8.68. The number of hydrogen-bond acceptors (Lipinski definition) is 1. The van der Waals surface area contributed by atoms with E-state index in [0.717, 1.165) is 6.42 Å². The van der Waals surface area contributed by atoms with Gasteiger partial charge in [-0.25, -0.2) is 0 Å². The normalized spacial score (nSPS) is 21.6. The van der Waals surface area contributed by atoms with Crippen LogP contribution in [-0.2, 0) is 0 Å². The van der Waals surface area contributed by atoms with E-state index in [-0.39, 0.29) is 0 Å². The van der Waals surface area contributed by atoms with Gasteiger partial charge in [0.05, 0.1) is 24.7 Å². The lowest BCUT2D eigenvalue weighted by atomic mass is 9.90. The van der Waals surface area contributed by atoms with Gasteiger partial charge in [-0.15, -0.1) is 0 Å². The topological polar surface area (TPSA) is 20.2 Å². The lowest BCUT2D eigenvalue weighted by molar-refractivity contribution is 0.263. The van der Waals surface area contributed by atoms with Crippen molar-refractivity contribution < 1.29 is 5.11 Å². The Kier molecular flexibility index (Phi) is 3.07. The Labute approximate surface area is 63.4 Å². The summed E-state index contributed by atoms with van der Waals surface area (Å²) < 4.78 is 0. The summed E-state index contributed by atoms with van der Waals surface area (Å²) in [5, 5.41) is 8.68. The zero-order chi connectivity index (χ0) is 7.40. The van der Waals surface area contributed by atoms with Crippen molar-refractivity contribution in [3.05, 3.63) is 5.92 Å². The summed E-state index contributed by atoms with van der Waals surface area (Å²) >= 11 is 0. The van der Waals surface area contributed by atoms with Crippen LogP contribution < -0.4 is 0 Å². The fourth-order valence-electron chi connectivity index (χ4n) is 1.72. The average molecular weight is 141 g/mol. The Balaban J connectivity index is 2.18. The number of aliphatic hydroxyl groups excluding tert-OH is 1. The second-order valence-electron chi connectivity index (χ2n) is 3.28. The quantitative estimate of drug-likeness (QED) is 0.597. The van der Waals surface area contributed by atoms with E-state index in [1.54, 1.807) is 5.92 Å². The smallest absolute Gasteiger partial charge is 0.0996 e. The Hall–Kier alpha value is -0.170. The minimum atomic E-state index is 0.352. The fourth-order valence-corrected chi connectivity index (χ4v) is 1.72. The van der Waals surface area contributed by atoms with E-state index in [4.69, 9.17) is 5.11 Å². The van der Waals surface area contributed by atoms with Crippen molar-refractivity contribution in [2.75, 3.05) is 6.61 Å². The molecule has 0 aromatic rings. The summed E-state index contributed by atoms with van der Waals surface area (Å²) in [4.78, 5) is 0. The van der Waals surface area contributed by atoms with E-state index in [0.29, 0.717) is 12.5 Å². The Morgan fingerprint density at radius 1 is 1.40 bits per heavy atom. The molecule has 1 N–H and O–H groups in total. The second kappa shape index (κ2) is 3.87. The SMILES string of the molecule is CC(CCO)[C+]1CCCC1. The van der Waals surface area contributed by atoms with E-state index < -0.39 is 0 Å². The van der Waals surface area contributed by atoms with Crippen molar-refractivity contribution in [1.29, 1.82) is 0 Å². The first-order valence-electron chi connectivity index (χ1n) is 4.30. The second-order valence-corrected chi connectivity index (χ2v) is 3.28. The van der Waals surface area contributed by atoms with Gasteiger partial charge in [-0.05, 0) is 19.8 Å². The van der Waals surface area contributed by atoms with Crippen molar-refractivity contribution >= 4 is 0 Å². The first-order chi connectivity index (χ1) is 4.84. The molecule has 1 rings (SSSR count). The van der Waals surface area contributed by atoms with Crippen LogP contribution in [0, 0.1) is 11.8 Å². The molecule has 1 fully saturated rings. The van der Waals surface area contributed by atoms with Crippen LogP contribution >= 0.6 is 0 Å². The van der Waals surface area contributed by atoms with E-state index >= 15 is 0 Å². The van der Waals surface area contributed by atoms with Gasteiger partial charge >= 0.3 is 0 Å². The van der Waals surface area contributed by atoms with Crippen molar-refractivity contribution in [3.8, 4) is 0 Å². The van der Waals surface area contributed by atoms with Crippen LogP contribution in [0.25, 0.3) is 0 Å². The molecule has 1 nitrogen and oxygen atoms in total. The molecule has 0 amide bonds. The third kappa shape index (κ3) is 1.91. The molecular weight excluding hydrogens is 124 g/mol. The van der Waals surface area contributed by atoms with Crippen molar-refractivity contribution in [1.82, 2.24) is 0 Å². The molecule has 0 heterocycles. The van der Waals surface area contributed by atoms with Crippen molar-refractivity contribution in [3.63, 3.8) is 0 Å². The van der Waals surface area contributed by atoms with Crippen LogP contribution in [0.15, 0.2) is 0 Å². The van der Waals surface area contributed by atoms with E-state index in [1.165, 1.54) is 25.7 Å². The Morgan fingerprint density at radius 3 is 2.50 bits per heavy atom. The molecule has 0 aromatic carbocycles. The molecular formula is C9H17O+. The molecule has 10 heavy (non-hydrogen) atoms. The van der Waals surface area contributed by atoms with Gasteiger partial charge in [0.25, 0.3) is 0 Å². The number of aliphatic hydroxyl groups is 1. The number of hydrogen-bond donors (Lipinski definition) is 1. The maximum atomic E-state index is 8.68. The molecule has 0 radical (unpaired) electrons. The third-order valence-electron chi connectivity index (χ3n) is 2.50. The van der Waals surface area contributed by atoms with E-state index in [2.05, 4.69) is 6.92 Å². The highest BCUT2D eigenvalue weighted by molar-refractivity contribution is 4.98. The average Bonchev–Trinajstić information content (AvgIpc) is 2.38. The molecule has 1 atom stereocenters. The Bertz CT molecular complexity index is 84.7. The maximum Gasteiger partial charge on any atom is 0.0996 e. The van der Waals surface area contributed by atoms with Crippen LogP contribution in [0.2, 0.25) is 0 Å². The zero-order valence-electron chi connectivity index (χ0n) is 6.77. The molecule has 1 aliphatic rings. The van der Waals surface area contributed by atoms with E-state index in [9.17, 15) is 0 Å². The molecule has 0 aliphatic heterocycles. The zero-order valence-corrected chi connectivity index (χ0v) is 6.77. The molecule has 0 bridgehead atoms. The van der Waals surface area contributed by atoms with Gasteiger partial charge in [-0.2, -0.15) is 0 Å². The molecule has 0 aromatic heterocycles. The molecule has 1 unspecified atom stereocenters. The van der Waals surface area contributed by atoms with Crippen LogP contribution in [0.4, 0.5) is 0 Å². The largest absolute Gasteiger partial charge is 0.396 e. The summed E-state index contributed by atoms with van der Waals surface area (Å²) in [5.74, 6) is 2.36. The third-order valence-corrected chi connectivity index (χ3v) is 2.50. The predicted molar refractivity (Wildman–Crippen MR) is 42.6 cm³/mol. The minimum absolute atomic E-state index is 0.352.